The van der Waals surface area contributed by atoms with Gasteiger partial charge in [-0.25, -0.2) is 0 Å². The van der Waals surface area contributed by atoms with Crippen LogP contribution in [0.25, 0.3) is 10.9 Å². The van der Waals surface area contributed by atoms with Gasteiger partial charge in [-0.15, -0.1) is 0 Å². The number of primary amides is 1. The average Bonchev–Trinajstić information content (AvgIpc) is 2.95. The van der Waals surface area contributed by atoms with Crippen molar-refractivity contribution < 1.29 is 9.59 Å². The van der Waals surface area contributed by atoms with E-state index in [1.165, 1.54) is 22.2 Å². The van der Waals surface area contributed by atoms with Crippen LogP contribution in [0.3, 0.4) is 0 Å². The lowest BCUT2D eigenvalue weighted by molar-refractivity contribution is -0.114. The Morgan fingerprint density at radius 2 is 1.81 bits per heavy atom. The zero-order chi connectivity index (χ0) is 18.3. The number of hydrogen-bond donors (Lipinski definition) is 1. The van der Waals surface area contributed by atoms with E-state index in [1.807, 2.05) is 12.1 Å². The van der Waals surface area contributed by atoms with Crippen LogP contribution in [0.2, 0.25) is 0 Å². The van der Waals surface area contributed by atoms with Crippen molar-refractivity contribution in [2.24, 2.45) is 5.73 Å². The Bertz CT molecular complexity index is 1000. The van der Waals surface area contributed by atoms with Gasteiger partial charge in [0, 0.05) is 48.2 Å². The number of ketones is 1. The number of carbonyl (C=O) groups is 2. The molecule has 0 saturated heterocycles. The second kappa shape index (κ2) is 6.42. The Kier molecular flexibility index (Phi) is 4.09. The van der Waals surface area contributed by atoms with Crippen LogP contribution < -0.4 is 5.73 Å². The van der Waals surface area contributed by atoms with Gasteiger partial charge in [-0.3, -0.25) is 9.59 Å². The predicted molar refractivity (Wildman–Crippen MR) is 101 cm³/mol. The van der Waals surface area contributed by atoms with Gasteiger partial charge in [-0.1, -0.05) is 42.5 Å². The van der Waals surface area contributed by atoms with Crippen LogP contribution in [0.1, 0.15) is 27.2 Å². The largest absolute Gasteiger partial charge is 0.363 e. The van der Waals surface area contributed by atoms with Crippen molar-refractivity contribution in [1.82, 2.24) is 9.47 Å². The summed E-state index contributed by atoms with van der Waals surface area (Å²) in [6, 6.07) is 15.7. The monoisotopic (exact) mass is 347 g/mol. The van der Waals surface area contributed by atoms with E-state index in [0.717, 1.165) is 31.6 Å². The van der Waals surface area contributed by atoms with Gasteiger partial charge >= 0.3 is 0 Å². The van der Waals surface area contributed by atoms with Gasteiger partial charge < -0.3 is 15.2 Å². The quantitative estimate of drug-likeness (QED) is 0.582. The van der Waals surface area contributed by atoms with E-state index in [-0.39, 0.29) is 0 Å². The molecule has 0 atom stereocenters. The van der Waals surface area contributed by atoms with Crippen LogP contribution in [0.15, 0.2) is 48.5 Å². The molecule has 132 valence electrons. The third kappa shape index (κ3) is 2.80. The summed E-state index contributed by atoms with van der Waals surface area (Å²) in [6.45, 7) is 2.76. The summed E-state index contributed by atoms with van der Waals surface area (Å²) in [4.78, 5) is 25.1. The fourth-order valence-electron chi connectivity index (χ4n) is 3.80. The number of Topliss-reactive ketones (excluding diaryl/α,β-unsaturated/α-hetero) is 1. The zero-order valence-electron chi connectivity index (χ0n) is 14.7. The Hall–Kier alpha value is -2.92. The number of amides is 1. The average molecular weight is 347 g/mol. The first-order valence-electron chi connectivity index (χ1n) is 8.75. The van der Waals surface area contributed by atoms with Crippen molar-refractivity contribution in [1.29, 1.82) is 0 Å². The molecular weight excluding hydrogens is 326 g/mol. The molecule has 0 fully saturated rings. The molecule has 2 N–H and O–H groups in total. The molecule has 1 amide bonds. The van der Waals surface area contributed by atoms with E-state index < -0.39 is 11.7 Å². The summed E-state index contributed by atoms with van der Waals surface area (Å²) in [6.07, 6.45) is 1.03. The molecule has 5 heteroatoms. The van der Waals surface area contributed by atoms with E-state index in [0.29, 0.717) is 5.56 Å². The Labute approximate surface area is 152 Å². The van der Waals surface area contributed by atoms with E-state index in [2.05, 4.69) is 40.8 Å². The minimum atomic E-state index is -0.924. The standard InChI is InChI=1S/C21H21N3O2/c1-23-11-10-19-17(13-23)16-4-2-3-5-18(16)24(19)12-14-6-8-15(9-7-14)20(25)21(22)26/h2-9H,10-13H2,1H3,(H2,22,26). The molecule has 0 spiro atoms. The number of rotatable bonds is 4. The maximum atomic E-state index is 11.7. The molecule has 0 saturated carbocycles. The second-order valence-electron chi connectivity index (χ2n) is 6.91. The van der Waals surface area contributed by atoms with Gasteiger partial charge in [-0.05, 0) is 24.2 Å². The first kappa shape index (κ1) is 16.5. The fraction of sp³-hybridized carbons (Fsp3) is 0.238. The number of likely N-dealkylation sites (N-methyl/N-ethyl adjacent to an activating group) is 1. The first-order chi connectivity index (χ1) is 12.5. The molecule has 0 bridgehead atoms. The van der Waals surface area contributed by atoms with Gasteiger partial charge in [-0.2, -0.15) is 0 Å². The van der Waals surface area contributed by atoms with Crippen LogP contribution >= 0.6 is 0 Å². The number of nitrogens with zero attached hydrogens (tertiary/aromatic N) is 2. The van der Waals surface area contributed by atoms with Crippen molar-refractivity contribution in [2.45, 2.75) is 19.5 Å². The molecule has 2 heterocycles. The number of para-hydroxylation sites is 1. The van der Waals surface area contributed by atoms with Crippen molar-refractivity contribution in [2.75, 3.05) is 13.6 Å². The molecule has 2 aromatic carbocycles. The molecule has 3 aromatic rings. The Balaban J connectivity index is 1.72. The normalized spacial score (nSPS) is 14.3. The Morgan fingerprint density at radius 3 is 2.54 bits per heavy atom. The van der Waals surface area contributed by atoms with E-state index in [4.69, 9.17) is 5.73 Å². The molecular formula is C21H21N3O2. The van der Waals surface area contributed by atoms with Gasteiger partial charge in [0.1, 0.15) is 0 Å². The van der Waals surface area contributed by atoms with Crippen LogP contribution in [0, 0.1) is 0 Å². The third-order valence-electron chi connectivity index (χ3n) is 5.13. The van der Waals surface area contributed by atoms with E-state index >= 15 is 0 Å². The van der Waals surface area contributed by atoms with Crippen LogP contribution in [-0.2, 0) is 24.3 Å². The molecule has 1 aliphatic heterocycles. The lowest BCUT2D eigenvalue weighted by Crippen LogP contribution is -2.27. The zero-order valence-corrected chi connectivity index (χ0v) is 14.7. The molecule has 4 rings (SSSR count). The highest BCUT2D eigenvalue weighted by Gasteiger charge is 2.22. The maximum absolute atomic E-state index is 11.7. The number of nitrogens with two attached hydrogens (primary N) is 1. The van der Waals surface area contributed by atoms with Gasteiger partial charge in [0.15, 0.2) is 0 Å². The minimum absolute atomic E-state index is 0.335. The highest BCUT2D eigenvalue weighted by atomic mass is 16.2. The number of carbonyl (C=O) groups excluding carboxylic acids is 2. The lowest BCUT2D eigenvalue weighted by atomic mass is 10.0. The fourth-order valence-corrected chi connectivity index (χ4v) is 3.80. The van der Waals surface area contributed by atoms with Crippen molar-refractivity contribution in [3.05, 3.63) is 70.9 Å². The topological polar surface area (TPSA) is 68.3 Å². The third-order valence-corrected chi connectivity index (χ3v) is 5.13. The molecule has 0 aliphatic carbocycles. The lowest BCUT2D eigenvalue weighted by Gasteiger charge is -2.24. The number of fused-ring (bicyclic) bond motifs is 3. The van der Waals surface area contributed by atoms with E-state index in [9.17, 15) is 9.59 Å². The van der Waals surface area contributed by atoms with Gasteiger partial charge in [0.25, 0.3) is 5.91 Å². The minimum Gasteiger partial charge on any atom is -0.363 e. The van der Waals surface area contributed by atoms with Crippen molar-refractivity contribution in [3.63, 3.8) is 0 Å². The van der Waals surface area contributed by atoms with Gasteiger partial charge in [0.2, 0.25) is 5.78 Å². The number of aromatic nitrogens is 1. The van der Waals surface area contributed by atoms with Crippen molar-refractivity contribution >= 4 is 22.6 Å². The summed E-state index contributed by atoms with van der Waals surface area (Å²) >= 11 is 0. The Morgan fingerprint density at radius 1 is 1.08 bits per heavy atom. The van der Waals surface area contributed by atoms with Crippen LogP contribution in [0.5, 0.6) is 0 Å². The summed E-state index contributed by atoms with van der Waals surface area (Å²) in [5.41, 5.74) is 10.5. The van der Waals surface area contributed by atoms with E-state index in [1.54, 1.807) is 12.1 Å². The highest BCUT2D eigenvalue weighted by molar-refractivity contribution is 6.42. The molecule has 0 radical (unpaired) electrons. The van der Waals surface area contributed by atoms with Crippen LogP contribution in [-0.4, -0.2) is 34.7 Å². The predicted octanol–water partition coefficient (Wildman–Crippen LogP) is 2.35. The highest BCUT2D eigenvalue weighted by Crippen LogP contribution is 2.31. The molecule has 1 aliphatic rings. The van der Waals surface area contributed by atoms with Gasteiger partial charge in [0.05, 0.1) is 0 Å². The SMILES string of the molecule is CN1CCc2c(c3ccccc3n2Cc2ccc(C(=O)C(N)=O)cc2)C1. The number of hydrogen-bond acceptors (Lipinski definition) is 3. The van der Waals surface area contributed by atoms with Crippen molar-refractivity contribution in [3.8, 4) is 0 Å². The summed E-state index contributed by atoms with van der Waals surface area (Å²) in [5, 5.41) is 1.31. The van der Waals surface area contributed by atoms with Crippen LogP contribution in [0.4, 0.5) is 0 Å². The molecule has 1 aromatic heterocycles. The summed E-state index contributed by atoms with van der Waals surface area (Å²) in [5.74, 6) is -1.57. The summed E-state index contributed by atoms with van der Waals surface area (Å²) in [7, 11) is 2.16. The molecule has 0 unspecified atom stereocenters. The summed E-state index contributed by atoms with van der Waals surface area (Å²) < 4.78 is 2.38. The second-order valence-corrected chi connectivity index (χ2v) is 6.91. The smallest absolute Gasteiger partial charge is 0.289 e. The maximum Gasteiger partial charge on any atom is 0.289 e. The number of benzene rings is 2. The first-order valence-corrected chi connectivity index (χ1v) is 8.75. The molecule has 5 nitrogen and oxygen atoms in total. The molecule has 26 heavy (non-hydrogen) atoms.